The SMILES string of the molecule is Cl.NCC(=O)NCC(=O)NCCSCCOc1cccc(Br)c1. The Hall–Kier alpha value is -0.960. The second-order valence-corrected chi connectivity index (χ2v) is 6.39. The molecule has 0 aliphatic carbocycles. The third kappa shape index (κ3) is 11.2. The zero-order valence-corrected chi connectivity index (χ0v) is 15.8. The lowest BCUT2D eigenvalue weighted by atomic mass is 10.3. The summed E-state index contributed by atoms with van der Waals surface area (Å²) in [5.41, 5.74) is 5.12. The molecule has 0 atom stereocenters. The topological polar surface area (TPSA) is 93.5 Å². The summed E-state index contributed by atoms with van der Waals surface area (Å²) in [7, 11) is 0. The molecule has 0 unspecified atom stereocenters. The summed E-state index contributed by atoms with van der Waals surface area (Å²) in [5.74, 6) is 1.91. The number of nitrogens with one attached hydrogen (secondary N) is 2. The third-order valence-electron chi connectivity index (χ3n) is 2.49. The van der Waals surface area contributed by atoms with E-state index in [0.29, 0.717) is 13.2 Å². The van der Waals surface area contributed by atoms with Gasteiger partial charge in [-0.3, -0.25) is 9.59 Å². The highest BCUT2D eigenvalue weighted by atomic mass is 79.9. The molecule has 0 fully saturated rings. The number of amides is 2. The molecule has 0 saturated carbocycles. The third-order valence-corrected chi connectivity index (χ3v) is 3.93. The Kier molecular flexibility index (Phi) is 12.9. The van der Waals surface area contributed by atoms with E-state index in [4.69, 9.17) is 10.5 Å². The minimum Gasteiger partial charge on any atom is -0.493 e. The lowest BCUT2D eigenvalue weighted by molar-refractivity contribution is -0.125. The molecule has 1 aromatic carbocycles. The maximum Gasteiger partial charge on any atom is 0.239 e. The Morgan fingerprint density at radius 3 is 2.70 bits per heavy atom. The Morgan fingerprint density at radius 2 is 2.00 bits per heavy atom. The van der Waals surface area contributed by atoms with E-state index in [1.807, 2.05) is 24.3 Å². The molecule has 23 heavy (non-hydrogen) atoms. The Morgan fingerprint density at radius 1 is 1.22 bits per heavy atom. The number of nitrogens with two attached hydrogens (primary N) is 1. The first-order chi connectivity index (χ1) is 10.6. The fourth-order valence-electron chi connectivity index (χ4n) is 1.45. The molecular formula is C14H21BrClN3O3S. The zero-order valence-electron chi connectivity index (χ0n) is 12.5. The van der Waals surface area contributed by atoms with Gasteiger partial charge in [0, 0.05) is 22.5 Å². The Balaban J connectivity index is 0.00000484. The van der Waals surface area contributed by atoms with Crippen molar-refractivity contribution in [1.29, 1.82) is 0 Å². The highest BCUT2D eigenvalue weighted by Gasteiger charge is 2.02. The highest BCUT2D eigenvalue weighted by molar-refractivity contribution is 9.10. The van der Waals surface area contributed by atoms with Crippen LogP contribution in [0.3, 0.4) is 0 Å². The van der Waals surface area contributed by atoms with Crippen molar-refractivity contribution in [2.75, 3.05) is 37.7 Å². The van der Waals surface area contributed by atoms with Gasteiger partial charge in [0.1, 0.15) is 5.75 Å². The van der Waals surface area contributed by atoms with Crippen molar-refractivity contribution < 1.29 is 14.3 Å². The molecule has 0 spiro atoms. The van der Waals surface area contributed by atoms with Gasteiger partial charge in [0.05, 0.1) is 19.7 Å². The van der Waals surface area contributed by atoms with E-state index in [1.165, 1.54) is 0 Å². The normalized spacial score (nSPS) is 9.65. The van der Waals surface area contributed by atoms with Gasteiger partial charge < -0.3 is 21.1 Å². The van der Waals surface area contributed by atoms with Crippen LogP contribution in [0, 0.1) is 0 Å². The maximum absolute atomic E-state index is 11.4. The van der Waals surface area contributed by atoms with Crippen molar-refractivity contribution in [3.63, 3.8) is 0 Å². The number of hydrogen-bond acceptors (Lipinski definition) is 5. The minimum absolute atomic E-state index is 0. The Labute approximate surface area is 154 Å². The van der Waals surface area contributed by atoms with Crippen molar-refractivity contribution >= 4 is 51.9 Å². The molecule has 0 aliphatic heterocycles. The number of thioether (sulfide) groups is 1. The van der Waals surface area contributed by atoms with E-state index in [-0.39, 0.29) is 37.3 Å². The minimum atomic E-state index is -0.339. The predicted octanol–water partition coefficient (Wildman–Crippen LogP) is 1.17. The largest absolute Gasteiger partial charge is 0.493 e. The molecule has 6 nitrogen and oxygen atoms in total. The smallest absolute Gasteiger partial charge is 0.239 e. The number of carbonyl (C=O) groups is 2. The molecule has 0 radical (unpaired) electrons. The first-order valence-electron chi connectivity index (χ1n) is 6.81. The number of ether oxygens (including phenoxy) is 1. The first-order valence-corrected chi connectivity index (χ1v) is 8.76. The average Bonchev–Trinajstić information content (AvgIpc) is 2.51. The summed E-state index contributed by atoms with van der Waals surface area (Å²) in [5, 5.41) is 5.13. The summed E-state index contributed by atoms with van der Waals surface area (Å²) in [6, 6.07) is 7.69. The van der Waals surface area contributed by atoms with Crippen molar-refractivity contribution in [2.45, 2.75) is 0 Å². The van der Waals surface area contributed by atoms with Gasteiger partial charge in [-0.25, -0.2) is 0 Å². The van der Waals surface area contributed by atoms with Crippen molar-refractivity contribution in [1.82, 2.24) is 10.6 Å². The van der Waals surface area contributed by atoms with Crippen LogP contribution in [0.5, 0.6) is 5.75 Å². The number of halogens is 2. The lowest BCUT2D eigenvalue weighted by Gasteiger charge is -2.07. The van der Waals surface area contributed by atoms with Crippen LogP contribution >= 0.6 is 40.1 Å². The van der Waals surface area contributed by atoms with E-state index >= 15 is 0 Å². The molecule has 0 aromatic heterocycles. The van der Waals surface area contributed by atoms with Gasteiger partial charge >= 0.3 is 0 Å². The molecule has 130 valence electrons. The number of benzene rings is 1. The summed E-state index contributed by atoms with van der Waals surface area (Å²) in [6.07, 6.45) is 0. The van der Waals surface area contributed by atoms with Crippen LogP contribution in [-0.2, 0) is 9.59 Å². The molecule has 0 saturated heterocycles. The van der Waals surface area contributed by atoms with E-state index in [0.717, 1.165) is 21.7 Å². The van der Waals surface area contributed by atoms with Crippen molar-refractivity contribution in [2.24, 2.45) is 5.73 Å². The molecule has 1 aromatic rings. The fraction of sp³-hybridized carbons (Fsp3) is 0.429. The van der Waals surface area contributed by atoms with E-state index in [1.54, 1.807) is 11.8 Å². The van der Waals surface area contributed by atoms with Gasteiger partial charge in [-0.05, 0) is 18.2 Å². The Bertz CT molecular complexity index is 494. The van der Waals surface area contributed by atoms with Gasteiger partial charge in [-0.15, -0.1) is 12.4 Å². The zero-order chi connectivity index (χ0) is 16.2. The molecular weight excluding hydrogens is 406 g/mol. The van der Waals surface area contributed by atoms with Crippen LogP contribution in [0.1, 0.15) is 0 Å². The lowest BCUT2D eigenvalue weighted by Crippen LogP contribution is -2.40. The molecule has 4 N–H and O–H groups in total. The van der Waals surface area contributed by atoms with E-state index in [2.05, 4.69) is 26.6 Å². The van der Waals surface area contributed by atoms with Crippen LogP contribution in [-0.4, -0.2) is 49.6 Å². The summed E-state index contributed by atoms with van der Waals surface area (Å²) in [4.78, 5) is 22.2. The van der Waals surface area contributed by atoms with Gasteiger partial charge in [0.15, 0.2) is 0 Å². The second kappa shape index (κ2) is 13.5. The molecule has 9 heteroatoms. The average molecular weight is 427 g/mol. The van der Waals surface area contributed by atoms with Crippen LogP contribution in [0.2, 0.25) is 0 Å². The van der Waals surface area contributed by atoms with Crippen LogP contribution in [0.15, 0.2) is 28.7 Å². The van der Waals surface area contributed by atoms with Crippen LogP contribution in [0.25, 0.3) is 0 Å². The molecule has 2 amide bonds. The second-order valence-electron chi connectivity index (χ2n) is 4.25. The highest BCUT2D eigenvalue weighted by Crippen LogP contribution is 2.17. The van der Waals surface area contributed by atoms with Gasteiger partial charge in [-0.2, -0.15) is 11.8 Å². The summed E-state index contributed by atoms with van der Waals surface area (Å²) >= 11 is 5.08. The van der Waals surface area contributed by atoms with Gasteiger partial charge in [-0.1, -0.05) is 22.0 Å². The predicted molar refractivity (Wildman–Crippen MR) is 99.3 cm³/mol. The molecule has 1 rings (SSSR count). The van der Waals surface area contributed by atoms with Gasteiger partial charge in [0.2, 0.25) is 11.8 Å². The van der Waals surface area contributed by atoms with Crippen LogP contribution in [0.4, 0.5) is 0 Å². The summed E-state index contributed by atoms with van der Waals surface area (Å²) < 4.78 is 6.58. The maximum atomic E-state index is 11.4. The van der Waals surface area contributed by atoms with Gasteiger partial charge in [0.25, 0.3) is 0 Å². The number of hydrogen-bond donors (Lipinski definition) is 3. The quantitative estimate of drug-likeness (QED) is 0.488. The summed E-state index contributed by atoms with van der Waals surface area (Å²) in [6.45, 7) is 1.02. The number of carbonyl (C=O) groups excluding carboxylic acids is 2. The van der Waals surface area contributed by atoms with E-state index < -0.39 is 0 Å². The fourth-order valence-corrected chi connectivity index (χ4v) is 2.48. The van der Waals surface area contributed by atoms with Crippen molar-refractivity contribution in [3.05, 3.63) is 28.7 Å². The van der Waals surface area contributed by atoms with Crippen LogP contribution < -0.4 is 21.1 Å². The molecule has 0 heterocycles. The van der Waals surface area contributed by atoms with Crippen molar-refractivity contribution in [3.8, 4) is 5.75 Å². The first kappa shape index (κ1) is 22.0. The monoisotopic (exact) mass is 425 g/mol. The molecule has 0 bridgehead atoms. The molecule has 0 aliphatic rings. The van der Waals surface area contributed by atoms with E-state index in [9.17, 15) is 9.59 Å². The number of rotatable bonds is 10. The standard InChI is InChI=1S/C14H20BrN3O3S.ClH/c15-11-2-1-3-12(8-11)21-5-7-22-6-4-17-14(20)10-18-13(19)9-16;/h1-3,8H,4-7,9-10,16H2,(H,17,20)(H,18,19);1H.